The molecule has 0 radical (unpaired) electrons. The van der Waals surface area contributed by atoms with Crippen LogP contribution >= 0.6 is 0 Å². The molecule has 0 spiro atoms. The van der Waals surface area contributed by atoms with Crippen LogP contribution in [-0.4, -0.2) is 52.4 Å². The number of Topliss-reactive ketones (excluding diaryl/α,β-unsaturated/α-hetero) is 1. The van der Waals surface area contributed by atoms with Crippen LogP contribution in [0.3, 0.4) is 0 Å². The number of nitrogens with one attached hydrogen (secondary N) is 1. The molecule has 3 amide bonds. The lowest BCUT2D eigenvalue weighted by Crippen LogP contribution is -2.63. The molecular weight excluding hydrogens is 606 g/mol. The molecule has 0 aliphatic carbocycles. The maximum Gasteiger partial charge on any atom is 0.258 e. The zero-order valence-electron chi connectivity index (χ0n) is 26.7. The molecule has 6 rings (SSSR count). The van der Waals surface area contributed by atoms with Crippen molar-refractivity contribution >= 4 is 45.8 Å². The molecule has 5 aromatic rings. The van der Waals surface area contributed by atoms with Gasteiger partial charge in [0, 0.05) is 23.1 Å². The van der Waals surface area contributed by atoms with Gasteiger partial charge in [0.2, 0.25) is 11.8 Å². The fourth-order valence-corrected chi connectivity index (χ4v) is 6.18. The quantitative estimate of drug-likeness (QED) is 0.239. The summed E-state index contributed by atoms with van der Waals surface area (Å²) in [5.74, 6) is -2.84. The van der Waals surface area contributed by atoms with Crippen LogP contribution < -0.4 is 20.9 Å². The normalized spacial score (nSPS) is 15.7. The first kappa shape index (κ1) is 31.8. The molecule has 0 bridgehead atoms. The van der Waals surface area contributed by atoms with Gasteiger partial charge in [0.25, 0.3) is 5.91 Å². The fourth-order valence-electron chi connectivity index (χ4n) is 6.18. The summed E-state index contributed by atoms with van der Waals surface area (Å²) < 4.78 is 1.69. The van der Waals surface area contributed by atoms with Gasteiger partial charge in [-0.15, -0.1) is 0 Å². The summed E-state index contributed by atoms with van der Waals surface area (Å²) in [5.41, 5.74) is 8.36. The molecule has 0 saturated carbocycles. The fraction of sp³-hybridized carbons (Fsp3) is 0.189. The molecule has 11 heteroatoms. The van der Waals surface area contributed by atoms with Gasteiger partial charge in [-0.25, -0.2) is 4.68 Å². The predicted octanol–water partition coefficient (Wildman–Crippen LogP) is 4.37. The van der Waals surface area contributed by atoms with E-state index >= 15 is 0 Å². The highest BCUT2D eigenvalue weighted by atomic mass is 16.2. The van der Waals surface area contributed by atoms with E-state index in [4.69, 9.17) is 10.8 Å². The third-order valence-corrected chi connectivity index (χ3v) is 9.13. The van der Waals surface area contributed by atoms with E-state index < -0.39 is 29.2 Å². The number of primary amides is 1. The number of ketones is 1. The van der Waals surface area contributed by atoms with Gasteiger partial charge in [-0.1, -0.05) is 54.6 Å². The van der Waals surface area contributed by atoms with Gasteiger partial charge in [0.15, 0.2) is 5.78 Å². The number of hydrogen-bond donors (Lipinski definition) is 2. The zero-order valence-corrected chi connectivity index (χ0v) is 26.7. The summed E-state index contributed by atoms with van der Waals surface area (Å²) in [6, 6.07) is 30.3. The number of likely N-dealkylation sites (N-methyl/N-ethyl adjacent to an activating group) is 1. The summed E-state index contributed by atoms with van der Waals surface area (Å²) in [6.45, 7) is 2.83. The molecule has 48 heavy (non-hydrogen) atoms. The first-order chi connectivity index (χ1) is 23.1. The van der Waals surface area contributed by atoms with Crippen LogP contribution in [0.1, 0.15) is 45.8 Å². The Kier molecular flexibility index (Phi) is 8.35. The van der Waals surface area contributed by atoms with E-state index in [0.717, 1.165) is 10.9 Å². The number of nitriles is 1. The molecule has 4 aromatic carbocycles. The Bertz CT molecular complexity index is 2130. The van der Waals surface area contributed by atoms with E-state index in [1.165, 1.54) is 11.8 Å². The van der Waals surface area contributed by atoms with Gasteiger partial charge < -0.3 is 20.9 Å². The molecule has 1 aliphatic heterocycles. The average Bonchev–Trinajstić information content (AvgIpc) is 3.42. The first-order valence-corrected chi connectivity index (χ1v) is 15.4. The third-order valence-electron chi connectivity index (χ3n) is 9.13. The largest absolute Gasteiger partial charge is 0.368 e. The van der Waals surface area contributed by atoms with Crippen molar-refractivity contribution in [3.8, 4) is 11.8 Å². The minimum absolute atomic E-state index is 0.0114. The SMILES string of the molecule is CNC(C)(C(N)=O)[C@@H]1CN(C(=O)c2ccc(C(C)=O)cc2)c2ccccc2N(Cc2nn(-c3ccccc3C#N)c3ccccc23)C1=O. The number of nitrogens with zero attached hydrogens (tertiary/aromatic N) is 5. The lowest BCUT2D eigenvalue weighted by molar-refractivity contribution is -0.133. The Balaban J connectivity index is 1.52. The highest BCUT2D eigenvalue weighted by Gasteiger charge is 2.49. The molecule has 1 unspecified atom stereocenters. The van der Waals surface area contributed by atoms with Crippen LogP contribution in [0.2, 0.25) is 0 Å². The second-order valence-corrected chi connectivity index (χ2v) is 11.8. The van der Waals surface area contributed by atoms with E-state index in [9.17, 15) is 24.4 Å². The van der Waals surface area contributed by atoms with Crippen molar-refractivity contribution in [2.75, 3.05) is 23.4 Å². The third kappa shape index (κ3) is 5.38. The van der Waals surface area contributed by atoms with Gasteiger partial charge in [-0.05, 0) is 63.4 Å². The monoisotopic (exact) mass is 639 g/mol. The molecule has 0 fully saturated rings. The van der Waals surface area contributed by atoms with Gasteiger partial charge in [0.1, 0.15) is 11.6 Å². The van der Waals surface area contributed by atoms with Crippen molar-refractivity contribution in [3.63, 3.8) is 0 Å². The van der Waals surface area contributed by atoms with Crippen molar-refractivity contribution in [1.82, 2.24) is 15.1 Å². The number of fused-ring (bicyclic) bond motifs is 2. The highest BCUT2D eigenvalue weighted by molar-refractivity contribution is 6.13. The Morgan fingerprint density at radius 3 is 2.17 bits per heavy atom. The summed E-state index contributed by atoms with van der Waals surface area (Å²) in [7, 11) is 1.55. The van der Waals surface area contributed by atoms with Crippen molar-refractivity contribution in [2.24, 2.45) is 11.7 Å². The molecule has 0 saturated heterocycles. The molecule has 3 N–H and O–H groups in total. The Morgan fingerprint density at radius 2 is 1.52 bits per heavy atom. The Labute approximate surface area is 277 Å². The van der Waals surface area contributed by atoms with Crippen LogP contribution in [0.5, 0.6) is 0 Å². The van der Waals surface area contributed by atoms with E-state index in [1.54, 1.807) is 84.2 Å². The number of carbonyl (C=O) groups excluding carboxylic acids is 4. The van der Waals surface area contributed by atoms with Crippen LogP contribution in [0.4, 0.5) is 11.4 Å². The Morgan fingerprint density at radius 1 is 0.917 bits per heavy atom. The first-order valence-electron chi connectivity index (χ1n) is 15.4. The molecule has 1 aliphatic rings. The van der Waals surface area contributed by atoms with E-state index in [2.05, 4.69) is 11.4 Å². The number of aromatic nitrogens is 2. The summed E-state index contributed by atoms with van der Waals surface area (Å²) >= 11 is 0. The molecular formula is C37H33N7O4. The van der Waals surface area contributed by atoms with Crippen LogP contribution in [-0.2, 0) is 16.1 Å². The predicted molar refractivity (Wildman–Crippen MR) is 182 cm³/mol. The summed E-state index contributed by atoms with van der Waals surface area (Å²) in [6.07, 6.45) is 0. The van der Waals surface area contributed by atoms with Gasteiger partial charge in [0.05, 0.1) is 46.3 Å². The number of anilines is 2. The molecule has 240 valence electrons. The number of nitrogens with two attached hydrogens (primary N) is 1. The minimum Gasteiger partial charge on any atom is -0.368 e. The lowest BCUT2D eigenvalue weighted by atomic mass is 9.83. The van der Waals surface area contributed by atoms with Crippen molar-refractivity contribution < 1.29 is 19.2 Å². The van der Waals surface area contributed by atoms with Crippen LogP contribution in [0.25, 0.3) is 16.6 Å². The standard InChI is InChI=1S/C37H33N7O4/c1-23(45)24-16-18-25(19-17-24)34(46)42-21-28(37(2,40-3)36(39)48)35(47)43(33-15-9-8-14-32(33)42)22-29-27-11-5-7-13-31(27)44(41-29)30-12-6-4-10-26(30)20-38/h4-19,28,40H,21-22H2,1-3H3,(H2,39,48)/t28-,37?/m1/s1. The molecule has 2 atom stereocenters. The summed E-state index contributed by atoms with van der Waals surface area (Å²) in [4.78, 5) is 56.9. The van der Waals surface area contributed by atoms with Crippen molar-refractivity contribution in [1.29, 1.82) is 5.26 Å². The van der Waals surface area contributed by atoms with E-state index in [0.29, 0.717) is 39.4 Å². The van der Waals surface area contributed by atoms with E-state index in [-0.39, 0.29) is 18.9 Å². The van der Waals surface area contributed by atoms with Crippen molar-refractivity contribution in [3.05, 3.63) is 119 Å². The molecule has 11 nitrogen and oxygen atoms in total. The Hall–Kier alpha value is -6.12. The van der Waals surface area contributed by atoms with Crippen LogP contribution in [0, 0.1) is 17.2 Å². The number of hydrogen-bond acceptors (Lipinski definition) is 7. The second kappa shape index (κ2) is 12.6. The van der Waals surface area contributed by atoms with Crippen molar-refractivity contribution in [2.45, 2.75) is 25.9 Å². The number of para-hydroxylation sites is 4. The molecule has 2 heterocycles. The summed E-state index contributed by atoms with van der Waals surface area (Å²) in [5, 5.41) is 18.5. The zero-order chi connectivity index (χ0) is 34.2. The number of carbonyl (C=O) groups is 4. The maximum atomic E-state index is 14.8. The number of rotatable bonds is 8. The highest BCUT2D eigenvalue weighted by Crippen LogP contribution is 2.39. The molecule has 1 aromatic heterocycles. The topological polar surface area (TPSA) is 154 Å². The average molecular weight is 640 g/mol. The van der Waals surface area contributed by atoms with Gasteiger partial charge in [-0.3, -0.25) is 19.2 Å². The minimum atomic E-state index is -1.54. The lowest BCUT2D eigenvalue weighted by Gasteiger charge is -2.36. The van der Waals surface area contributed by atoms with Gasteiger partial charge >= 0.3 is 0 Å². The maximum absolute atomic E-state index is 14.8. The number of amides is 3. The van der Waals surface area contributed by atoms with E-state index in [1.807, 2.05) is 36.4 Å². The van der Waals surface area contributed by atoms with Crippen LogP contribution in [0.15, 0.2) is 97.1 Å². The number of benzene rings is 4. The smallest absolute Gasteiger partial charge is 0.258 e. The second-order valence-electron chi connectivity index (χ2n) is 11.8. The van der Waals surface area contributed by atoms with Gasteiger partial charge in [-0.2, -0.15) is 10.4 Å².